The van der Waals surface area contributed by atoms with Crippen molar-refractivity contribution in [3.8, 4) is 0 Å². The third-order valence-electron chi connectivity index (χ3n) is 2.55. The number of aryl methyl sites for hydroxylation is 1. The van der Waals surface area contributed by atoms with Gasteiger partial charge in [0, 0.05) is 17.1 Å². The first-order valence-electron chi connectivity index (χ1n) is 5.39. The van der Waals surface area contributed by atoms with Gasteiger partial charge in [-0.15, -0.1) is 11.3 Å². The number of halogens is 1. The molecule has 4 heteroatoms. The van der Waals surface area contributed by atoms with E-state index >= 15 is 0 Å². The van der Waals surface area contributed by atoms with Gasteiger partial charge in [-0.3, -0.25) is 0 Å². The van der Waals surface area contributed by atoms with E-state index in [1.54, 1.807) is 11.3 Å². The van der Waals surface area contributed by atoms with Crippen molar-refractivity contribution in [1.82, 2.24) is 0 Å². The highest BCUT2D eigenvalue weighted by Gasteiger charge is 2.10. The van der Waals surface area contributed by atoms with E-state index in [0.29, 0.717) is 6.54 Å². The lowest BCUT2D eigenvalue weighted by molar-refractivity contribution is 0.195. The second kappa shape index (κ2) is 5.67. The molecule has 0 spiro atoms. The molecule has 0 aliphatic carbocycles. The van der Waals surface area contributed by atoms with E-state index in [1.807, 2.05) is 30.3 Å². The smallest absolute Gasteiger partial charge is 0.105 e. The van der Waals surface area contributed by atoms with Crippen LogP contribution in [0.4, 0.5) is 5.69 Å². The van der Waals surface area contributed by atoms with Gasteiger partial charge >= 0.3 is 0 Å². The number of para-hydroxylation sites is 1. The number of aliphatic hydroxyl groups is 1. The SMILES string of the molecule is Cc1ccccc1NCC(O)c1ccc(Br)s1. The Hall–Kier alpha value is -0.840. The molecular weight excluding hydrogens is 298 g/mol. The molecule has 1 unspecified atom stereocenters. The molecule has 0 fully saturated rings. The van der Waals surface area contributed by atoms with Crippen molar-refractivity contribution < 1.29 is 5.11 Å². The van der Waals surface area contributed by atoms with E-state index in [9.17, 15) is 5.11 Å². The van der Waals surface area contributed by atoms with Crippen molar-refractivity contribution in [2.75, 3.05) is 11.9 Å². The van der Waals surface area contributed by atoms with Crippen LogP contribution in [0.2, 0.25) is 0 Å². The normalized spacial score (nSPS) is 12.4. The Balaban J connectivity index is 1.97. The highest BCUT2D eigenvalue weighted by Crippen LogP contribution is 2.27. The lowest BCUT2D eigenvalue weighted by atomic mass is 10.2. The summed E-state index contributed by atoms with van der Waals surface area (Å²) in [4.78, 5) is 0.970. The zero-order valence-electron chi connectivity index (χ0n) is 9.48. The van der Waals surface area contributed by atoms with E-state index in [-0.39, 0.29) is 0 Å². The minimum atomic E-state index is -0.467. The molecule has 17 heavy (non-hydrogen) atoms. The average Bonchev–Trinajstić information content (AvgIpc) is 2.74. The molecule has 90 valence electrons. The van der Waals surface area contributed by atoms with Gasteiger partial charge < -0.3 is 10.4 Å². The molecule has 2 N–H and O–H groups in total. The Morgan fingerprint density at radius 3 is 2.71 bits per heavy atom. The Labute approximate surface area is 113 Å². The van der Waals surface area contributed by atoms with Gasteiger partial charge in [-0.25, -0.2) is 0 Å². The summed E-state index contributed by atoms with van der Waals surface area (Å²) < 4.78 is 1.04. The van der Waals surface area contributed by atoms with Crippen molar-refractivity contribution in [3.63, 3.8) is 0 Å². The summed E-state index contributed by atoms with van der Waals surface area (Å²) in [6.45, 7) is 2.58. The van der Waals surface area contributed by atoms with Crippen LogP contribution in [0.1, 0.15) is 16.5 Å². The van der Waals surface area contributed by atoms with E-state index < -0.39 is 6.10 Å². The maximum atomic E-state index is 10.0. The maximum absolute atomic E-state index is 10.0. The molecule has 2 nitrogen and oxygen atoms in total. The monoisotopic (exact) mass is 311 g/mol. The average molecular weight is 312 g/mol. The van der Waals surface area contributed by atoms with Crippen molar-refractivity contribution in [2.45, 2.75) is 13.0 Å². The van der Waals surface area contributed by atoms with Crippen molar-refractivity contribution >= 4 is 33.0 Å². The molecular formula is C13H14BrNOS. The van der Waals surface area contributed by atoms with Crippen molar-refractivity contribution in [3.05, 3.63) is 50.6 Å². The summed E-state index contributed by atoms with van der Waals surface area (Å²) in [6.07, 6.45) is -0.467. The van der Waals surface area contributed by atoms with Gasteiger partial charge in [-0.2, -0.15) is 0 Å². The van der Waals surface area contributed by atoms with E-state index in [1.165, 1.54) is 5.56 Å². The van der Waals surface area contributed by atoms with Gasteiger partial charge in [-0.1, -0.05) is 18.2 Å². The number of benzene rings is 1. The first kappa shape index (κ1) is 12.6. The van der Waals surface area contributed by atoms with Crippen LogP contribution in [0, 0.1) is 6.92 Å². The van der Waals surface area contributed by atoms with Crippen molar-refractivity contribution in [2.24, 2.45) is 0 Å². The second-order valence-electron chi connectivity index (χ2n) is 3.85. The first-order chi connectivity index (χ1) is 8.16. The molecule has 1 aromatic heterocycles. The van der Waals surface area contributed by atoms with Crippen LogP contribution in [0.5, 0.6) is 0 Å². The van der Waals surface area contributed by atoms with Crippen LogP contribution in [-0.4, -0.2) is 11.7 Å². The minimum absolute atomic E-state index is 0.467. The summed E-state index contributed by atoms with van der Waals surface area (Å²) in [5.41, 5.74) is 2.26. The predicted molar refractivity (Wildman–Crippen MR) is 76.6 cm³/mol. The summed E-state index contributed by atoms with van der Waals surface area (Å²) in [5, 5.41) is 13.3. The highest BCUT2D eigenvalue weighted by molar-refractivity contribution is 9.11. The zero-order valence-corrected chi connectivity index (χ0v) is 11.9. The highest BCUT2D eigenvalue weighted by atomic mass is 79.9. The summed E-state index contributed by atoms with van der Waals surface area (Å²) in [5.74, 6) is 0. The Bertz CT molecular complexity index is 498. The summed E-state index contributed by atoms with van der Waals surface area (Å²) >= 11 is 4.96. The van der Waals surface area contributed by atoms with Gasteiger partial charge in [0.25, 0.3) is 0 Å². The maximum Gasteiger partial charge on any atom is 0.105 e. The van der Waals surface area contributed by atoms with Crippen LogP contribution in [0.25, 0.3) is 0 Å². The third kappa shape index (κ3) is 3.31. The summed E-state index contributed by atoms with van der Waals surface area (Å²) in [7, 11) is 0. The number of nitrogens with one attached hydrogen (secondary N) is 1. The molecule has 0 saturated carbocycles. The van der Waals surface area contributed by atoms with Gasteiger partial charge in [-0.05, 0) is 46.6 Å². The standard InChI is InChI=1S/C13H14BrNOS/c1-9-4-2-3-5-10(9)15-8-11(16)12-6-7-13(14)17-12/h2-7,11,15-16H,8H2,1H3. The number of aliphatic hydroxyl groups excluding tert-OH is 1. The van der Waals surface area contributed by atoms with Gasteiger partial charge in [0.05, 0.1) is 3.79 Å². The molecule has 2 rings (SSSR count). The van der Waals surface area contributed by atoms with E-state index in [0.717, 1.165) is 14.4 Å². The van der Waals surface area contributed by atoms with E-state index in [4.69, 9.17) is 0 Å². The lowest BCUT2D eigenvalue weighted by Crippen LogP contribution is -2.11. The molecule has 1 atom stereocenters. The predicted octanol–water partition coefficient (Wildman–Crippen LogP) is 3.96. The van der Waals surface area contributed by atoms with Gasteiger partial charge in [0.15, 0.2) is 0 Å². The number of hydrogen-bond acceptors (Lipinski definition) is 3. The summed E-state index contributed by atoms with van der Waals surface area (Å²) in [6, 6.07) is 12.0. The molecule has 0 amide bonds. The molecule has 0 aliphatic heterocycles. The fraction of sp³-hybridized carbons (Fsp3) is 0.231. The molecule has 1 aromatic carbocycles. The van der Waals surface area contributed by atoms with Crippen LogP contribution >= 0.6 is 27.3 Å². The quantitative estimate of drug-likeness (QED) is 0.895. The fourth-order valence-electron chi connectivity index (χ4n) is 1.59. The molecule has 2 aromatic rings. The molecule has 0 aliphatic rings. The Morgan fingerprint density at radius 1 is 1.29 bits per heavy atom. The molecule has 0 radical (unpaired) electrons. The minimum Gasteiger partial charge on any atom is -0.386 e. The first-order valence-corrected chi connectivity index (χ1v) is 7.00. The zero-order chi connectivity index (χ0) is 12.3. The van der Waals surface area contributed by atoms with Crippen LogP contribution < -0.4 is 5.32 Å². The number of anilines is 1. The second-order valence-corrected chi connectivity index (χ2v) is 6.35. The third-order valence-corrected chi connectivity index (χ3v) is 4.28. The topological polar surface area (TPSA) is 32.3 Å². The number of thiophene rings is 1. The van der Waals surface area contributed by atoms with Crippen LogP contribution in [0.3, 0.4) is 0 Å². The van der Waals surface area contributed by atoms with Crippen LogP contribution in [-0.2, 0) is 0 Å². The largest absolute Gasteiger partial charge is 0.386 e. The molecule has 1 heterocycles. The molecule has 0 bridgehead atoms. The fourth-order valence-corrected chi connectivity index (χ4v) is 3.00. The van der Waals surface area contributed by atoms with Gasteiger partial charge in [0.2, 0.25) is 0 Å². The Kier molecular flexibility index (Phi) is 4.20. The van der Waals surface area contributed by atoms with E-state index in [2.05, 4.69) is 34.2 Å². The van der Waals surface area contributed by atoms with Crippen molar-refractivity contribution in [1.29, 1.82) is 0 Å². The number of hydrogen-bond donors (Lipinski definition) is 2. The number of rotatable bonds is 4. The lowest BCUT2D eigenvalue weighted by Gasteiger charge is -2.12. The Morgan fingerprint density at radius 2 is 2.06 bits per heavy atom. The van der Waals surface area contributed by atoms with Crippen LogP contribution in [0.15, 0.2) is 40.2 Å². The van der Waals surface area contributed by atoms with Gasteiger partial charge in [0.1, 0.15) is 6.10 Å². The molecule has 0 saturated heterocycles.